The number of pyridine rings is 1. The highest BCUT2D eigenvalue weighted by Crippen LogP contribution is 2.17. The van der Waals surface area contributed by atoms with Crippen LogP contribution in [-0.4, -0.2) is 21.1 Å². The van der Waals surface area contributed by atoms with Gasteiger partial charge in [0, 0.05) is 12.1 Å². The fourth-order valence-electron chi connectivity index (χ4n) is 1.74. The number of aryl methyl sites for hydroxylation is 3. The molecule has 0 aliphatic carbocycles. The number of nitrogens with zero attached hydrogens (tertiary/aromatic N) is 3. The number of rotatable bonds is 4. The number of carbonyl (C=O) groups is 1. The third-order valence-electron chi connectivity index (χ3n) is 2.48. The van der Waals surface area contributed by atoms with Crippen molar-refractivity contribution in [3.05, 3.63) is 34.1 Å². The monoisotopic (exact) mass is 276 g/mol. The molecule has 2 aromatic rings. The van der Waals surface area contributed by atoms with Crippen molar-refractivity contribution in [1.29, 1.82) is 0 Å². The highest BCUT2D eigenvalue weighted by atomic mass is 32.1. The second-order valence-electron chi connectivity index (χ2n) is 4.38. The Morgan fingerprint density at radius 3 is 2.79 bits per heavy atom. The fraction of sp³-hybridized carbons (Fsp3) is 0.385. The minimum absolute atomic E-state index is 0.244. The summed E-state index contributed by atoms with van der Waals surface area (Å²) in [5, 5.41) is 12.2. The molecule has 5 nitrogen and oxygen atoms in total. The number of aromatic nitrogens is 3. The number of hydrogen-bond acceptors (Lipinski definition) is 5. The average Bonchev–Trinajstić information content (AvgIpc) is 2.76. The van der Waals surface area contributed by atoms with Crippen LogP contribution in [0.2, 0.25) is 0 Å². The predicted octanol–water partition coefficient (Wildman–Crippen LogP) is 2.75. The van der Waals surface area contributed by atoms with Gasteiger partial charge in [0.15, 0.2) is 0 Å². The summed E-state index contributed by atoms with van der Waals surface area (Å²) < 4.78 is 0. The van der Waals surface area contributed by atoms with Crippen molar-refractivity contribution in [2.75, 3.05) is 5.32 Å². The van der Waals surface area contributed by atoms with E-state index in [1.165, 1.54) is 11.3 Å². The van der Waals surface area contributed by atoms with Crippen LogP contribution in [0.4, 0.5) is 5.13 Å². The summed E-state index contributed by atoms with van der Waals surface area (Å²) in [5.74, 6) is -0.244. The predicted molar refractivity (Wildman–Crippen MR) is 75.6 cm³/mol. The second-order valence-corrected chi connectivity index (χ2v) is 5.44. The van der Waals surface area contributed by atoms with Gasteiger partial charge in [-0.05, 0) is 38.0 Å². The molecular formula is C13H16N4OS. The van der Waals surface area contributed by atoms with Crippen LogP contribution in [0.5, 0.6) is 0 Å². The summed E-state index contributed by atoms with van der Waals surface area (Å²) in [6.07, 6.45) is 1.90. The Kier molecular flexibility index (Phi) is 4.21. The van der Waals surface area contributed by atoms with Gasteiger partial charge in [0.05, 0.1) is 0 Å². The van der Waals surface area contributed by atoms with Crippen LogP contribution < -0.4 is 5.32 Å². The van der Waals surface area contributed by atoms with E-state index in [4.69, 9.17) is 0 Å². The molecule has 2 rings (SSSR count). The highest BCUT2D eigenvalue weighted by Gasteiger charge is 2.12. The van der Waals surface area contributed by atoms with Gasteiger partial charge in [0.25, 0.3) is 5.91 Å². The molecule has 2 heterocycles. The quantitative estimate of drug-likeness (QED) is 0.932. The van der Waals surface area contributed by atoms with Crippen molar-refractivity contribution in [2.45, 2.75) is 33.6 Å². The minimum Gasteiger partial charge on any atom is -0.295 e. The van der Waals surface area contributed by atoms with Gasteiger partial charge >= 0.3 is 0 Å². The van der Waals surface area contributed by atoms with Crippen LogP contribution in [0.15, 0.2) is 12.1 Å². The molecule has 0 saturated heterocycles. The maximum absolute atomic E-state index is 12.1. The van der Waals surface area contributed by atoms with Crippen molar-refractivity contribution in [1.82, 2.24) is 15.2 Å². The van der Waals surface area contributed by atoms with Crippen LogP contribution in [0, 0.1) is 13.8 Å². The van der Waals surface area contributed by atoms with Crippen LogP contribution in [-0.2, 0) is 6.42 Å². The molecule has 0 aromatic carbocycles. The summed E-state index contributed by atoms with van der Waals surface area (Å²) in [4.78, 5) is 16.3. The molecule has 0 radical (unpaired) electrons. The molecule has 0 atom stereocenters. The Bertz CT molecular complexity index is 574. The molecule has 19 heavy (non-hydrogen) atoms. The molecule has 1 amide bonds. The number of hydrogen-bond donors (Lipinski definition) is 1. The largest absolute Gasteiger partial charge is 0.295 e. The lowest BCUT2D eigenvalue weighted by Gasteiger charge is -2.03. The van der Waals surface area contributed by atoms with Gasteiger partial charge in [-0.1, -0.05) is 18.3 Å². The van der Waals surface area contributed by atoms with Crippen LogP contribution >= 0.6 is 11.3 Å². The van der Waals surface area contributed by atoms with E-state index in [0.717, 1.165) is 29.1 Å². The van der Waals surface area contributed by atoms with Gasteiger partial charge in [-0.25, -0.2) is 4.98 Å². The van der Waals surface area contributed by atoms with E-state index in [1.54, 1.807) is 6.07 Å². The first kappa shape index (κ1) is 13.6. The number of carbonyl (C=O) groups excluding carboxylic acids is 1. The van der Waals surface area contributed by atoms with E-state index in [1.807, 2.05) is 19.9 Å². The summed E-state index contributed by atoms with van der Waals surface area (Å²) in [5.41, 5.74) is 2.25. The molecule has 0 aliphatic rings. The molecule has 0 bridgehead atoms. The first-order chi connectivity index (χ1) is 9.08. The highest BCUT2D eigenvalue weighted by molar-refractivity contribution is 7.15. The minimum atomic E-state index is -0.244. The van der Waals surface area contributed by atoms with Crippen LogP contribution in [0.1, 0.15) is 40.1 Å². The van der Waals surface area contributed by atoms with E-state index >= 15 is 0 Å². The van der Waals surface area contributed by atoms with Gasteiger partial charge in [0.1, 0.15) is 10.7 Å². The van der Waals surface area contributed by atoms with E-state index in [2.05, 4.69) is 27.4 Å². The standard InChI is InChI=1S/C13H16N4OS/c1-4-5-11-16-17-13(19-11)15-12(18)10-7-8(2)6-9(3)14-10/h6-7H,4-5H2,1-3H3,(H,15,17,18). The number of anilines is 1. The zero-order chi connectivity index (χ0) is 13.8. The molecule has 2 aromatic heterocycles. The second kappa shape index (κ2) is 5.88. The van der Waals surface area contributed by atoms with Crippen LogP contribution in [0.3, 0.4) is 0 Å². The maximum Gasteiger partial charge on any atom is 0.276 e. The van der Waals surface area contributed by atoms with E-state index in [9.17, 15) is 4.79 Å². The van der Waals surface area contributed by atoms with E-state index < -0.39 is 0 Å². The topological polar surface area (TPSA) is 67.8 Å². The fourth-order valence-corrected chi connectivity index (χ4v) is 2.57. The van der Waals surface area contributed by atoms with Crippen molar-refractivity contribution in [2.24, 2.45) is 0 Å². The smallest absolute Gasteiger partial charge is 0.276 e. The molecule has 0 fully saturated rings. The zero-order valence-electron chi connectivity index (χ0n) is 11.2. The van der Waals surface area contributed by atoms with Gasteiger partial charge in [0.2, 0.25) is 5.13 Å². The third-order valence-corrected chi connectivity index (χ3v) is 3.38. The Labute approximate surface area is 116 Å². The summed E-state index contributed by atoms with van der Waals surface area (Å²) in [6, 6.07) is 3.69. The molecule has 1 N–H and O–H groups in total. The van der Waals surface area contributed by atoms with Gasteiger partial charge < -0.3 is 0 Å². The Hall–Kier alpha value is -1.82. The molecule has 6 heteroatoms. The lowest BCUT2D eigenvalue weighted by molar-refractivity contribution is 0.102. The van der Waals surface area contributed by atoms with E-state index in [0.29, 0.717) is 10.8 Å². The van der Waals surface area contributed by atoms with Gasteiger partial charge in [-0.15, -0.1) is 10.2 Å². The normalized spacial score (nSPS) is 10.5. The Morgan fingerprint density at radius 2 is 2.11 bits per heavy atom. The first-order valence-corrected chi connectivity index (χ1v) is 6.99. The zero-order valence-corrected chi connectivity index (χ0v) is 12.0. The van der Waals surface area contributed by atoms with E-state index in [-0.39, 0.29) is 5.91 Å². The maximum atomic E-state index is 12.1. The van der Waals surface area contributed by atoms with Crippen LogP contribution in [0.25, 0.3) is 0 Å². The Balaban J connectivity index is 2.11. The summed E-state index contributed by atoms with van der Waals surface area (Å²) in [6.45, 7) is 5.89. The van der Waals surface area contributed by atoms with Gasteiger partial charge in [-0.3, -0.25) is 10.1 Å². The summed E-state index contributed by atoms with van der Waals surface area (Å²) >= 11 is 1.41. The molecule has 0 unspecified atom stereocenters. The summed E-state index contributed by atoms with van der Waals surface area (Å²) in [7, 11) is 0. The Morgan fingerprint density at radius 1 is 1.32 bits per heavy atom. The molecule has 0 spiro atoms. The third kappa shape index (κ3) is 3.57. The molecule has 0 saturated carbocycles. The van der Waals surface area contributed by atoms with Gasteiger partial charge in [-0.2, -0.15) is 0 Å². The van der Waals surface area contributed by atoms with Crippen molar-refractivity contribution in [3.63, 3.8) is 0 Å². The first-order valence-electron chi connectivity index (χ1n) is 6.17. The number of amides is 1. The average molecular weight is 276 g/mol. The van der Waals surface area contributed by atoms with Crippen molar-refractivity contribution >= 4 is 22.4 Å². The van der Waals surface area contributed by atoms with Crippen molar-refractivity contribution < 1.29 is 4.79 Å². The molecular weight excluding hydrogens is 260 g/mol. The molecule has 100 valence electrons. The SMILES string of the molecule is CCCc1nnc(NC(=O)c2cc(C)cc(C)n2)s1. The van der Waals surface area contributed by atoms with Crippen molar-refractivity contribution in [3.8, 4) is 0 Å². The molecule has 0 aliphatic heterocycles. The number of nitrogens with one attached hydrogen (secondary N) is 1. The lowest BCUT2D eigenvalue weighted by atomic mass is 10.2. The lowest BCUT2D eigenvalue weighted by Crippen LogP contribution is -2.14.